The average Bonchev–Trinajstić information content (AvgIpc) is 2.77. The molecule has 0 N–H and O–H groups in total. The van der Waals surface area contributed by atoms with E-state index in [9.17, 15) is 14.2 Å². The smallest absolute Gasteiger partial charge is 0.212 e. The largest absolute Gasteiger partial charge is 0.352 e. The fraction of sp³-hybridized carbons (Fsp3) is 0.680. The molecule has 1 fully saturated rings. The fourth-order valence-electron chi connectivity index (χ4n) is 4.53. The van der Waals surface area contributed by atoms with E-state index in [4.69, 9.17) is 9.26 Å². The van der Waals surface area contributed by atoms with Gasteiger partial charge in [0.05, 0.1) is 12.8 Å². The predicted octanol–water partition coefficient (Wildman–Crippen LogP) is 6.21. The van der Waals surface area contributed by atoms with Crippen molar-refractivity contribution in [3.63, 3.8) is 0 Å². The first-order valence-electron chi connectivity index (χ1n) is 11.8. The molecule has 0 radical (unpaired) electrons. The molecule has 0 saturated heterocycles. The van der Waals surface area contributed by atoms with Gasteiger partial charge in [-0.15, -0.1) is 0 Å². The second-order valence-electron chi connectivity index (χ2n) is 8.99. The molecule has 174 valence electrons. The summed E-state index contributed by atoms with van der Waals surface area (Å²) >= 11 is 0. The summed E-state index contributed by atoms with van der Waals surface area (Å²) in [4.78, 5) is 21.8. The Bertz CT molecular complexity index is 684. The predicted molar refractivity (Wildman–Crippen MR) is 125 cm³/mol. The van der Waals surface area contributed by atoms with Gasteiger partial charge in [0.15, 0.2) is 6.29 Å². The summed E-state index contributed by atoms with van der Waals surface area (Å²) in [6.45, 7) is 4.07. The van der Waals surface area contributed by atoms with Gasteiger partial charge in [0, 0.05) is 18.5 Å². The Labute approximate surface area is 187 Å². The highest BCUT2D eigenvalue weighted by molar-refractivity contribution is 7.59. The molecule has 31 heavy (non-hydrogen) atoms. The minimum atomic E-state index is -3.15. The van der Waals surface area contributed by atoms with Gasteiger partial charge in [-0.2, -0.15) is 0 Å². The monoisotopic (exact) mass is 450 g/mol. The van der Waals surface area contributed by atoms with Gasteiger partial charge in [-0.1, -0.05) is 63.4 Å². The summed E-state index contributed by atoms with van der Waals surface area (Å²) in [7, 11) is -3.15. The third-order valence-corrected chi connectivity index (χ3v) is 8.47. The minimum absolute atomic E-state index is 0.0223. The summed E-state index contributed by atoms with van der Waals surface area (Å²) in [5, 5.41) is 0. The molecule has 3 unspecified atom stereocenters. The van der Waals surface area contributed by atoms with E-state index >= 15 is 0 Å². The summed E-state index contributed by atoms with van der Waals surface area (Å²) < 4.78 is 25.0. The van der Waals surface area contributed by atoms with Gasteiger partial charge in [-0.05, 0) is 43.1 Å². The fourth-order valence-corrected chi connectivity index (χ4v) is 6.48. The van der Waals surface area contributed by atoms with Gasteiger partial charge in [-0.3, -0.25) is 9.09 Å². The molecule has 1 saturated carbocycles. The molecule has 0 amide bonds. The molecule has 1 aliphatic carbocycles. The standard InChI is InChI=1S/C25H39O5P/c1-21(2)25(29-18-10-16-26)30-31(28,20-17-27)19-9-15-24(22-11-5-3-6-12-22)23-13-7-4-8-14-23/h3,5-6,11-12,16-17,21,23-25H,4,7-10,13-15,18-20H2,1-2H3. The quantitative estimate of drug-likeness (QED) is 0.137. The van der Waals surface area contributed by atoms with Crippen LogP contribution in [-0.2, 0) is 23.4 Å². The SMILES string of the molecule is CC(C)C(OCCC=O)OP(=O)(CC=O)CCCC(c1ccccc1)C1CCCCC1. The highest BCUT2D eigenvalue weighted by Crippen LogP contribution is 2.50. The van der Waals surface area contributed by atoms with Crippen LogP contribution in [0, 0.1) is 11.8 Å². The lowest BCUT2D eigenvalue weighted by molar-refractivity contribution is -0.119. The second kappa shape index (κ2) is 14.0. The molecule has 0 aromatic heterocycles. The zero-order chi connectivity index (χ0) is 22.5. The zero-order valence-corrected chi connectivity index (χ0v) is 20.0. The normalized spacial score (nSPS) is 18.9. The van der Waals surface area contributed by atoms with Crippen LogP contribution in [0.2, 0.25) is 0 Å². The van der Waals surface area contributed by atoms with E-state index in [0.29, 0.717) is 24.3 Å². The van der Waals surface area contributed by atoms with E-state index in [1.165, 1.54) is 37.7 Å². The van der Waals surface area contributed by atoms with Crippen molar-refractivity contribution < 1.29 is 23.4 Å². The molecular weight excluding hydrogens is 411 g/mol. The zero-order valence-electron chi connectivity index (χ0n) is 19.1. The third-order valence-electron chi connectivity index (χ3n) is 6.17. The highest BCUT2D eigenvalue weighted by Gasteiger charge is 2.31. The minimum Gasteiger partial charge on any atom is -0.352 e. The van der Waals surface area contributed by atoms with Crippen LogP contribution in [0.15, 0.2) is 30.3 Å². The van der Waals surface area contributed by atoms with Gasteiger partial charge in [-0.25, -0.2) is 0 Å². The molecule has 1 aromatic carbocycles. The van der Waals surface area contributed by atoms with Crippen molar-refractivity contribution in [3.05, 3.63) is 35.9 Å². The number of rotatable bonds is 15. The first-order chi connectivity index (χ1) is 15.0. The summed E-state index contributed by atoms with van der Waals surface area (Å²) in [5.41, 5.74) is 1.36. The van der Waals surface area contributed by atoms with Crippen molar-refractivity contribution in [2.45, 2.75) is 77.4 Å². The van der Waals surface area contributed by atoms with Gasteiger partial charge < -0.3 is 14.3 Å². The number of hydrogen-bond donors (Lipinski definition) is 0. The van der Waals surface area contributed by atoms with Crippen LogP contribution in [0.1, 0.15) is 76.7 Å². The number of carbonyl (C=O) groups is 2. The van der Waals surface area contributed by atoms with Crippen molar-refractivity contribution in [3.8, 4) is 0 Å². The van der Waals surface area contributed by atoms with Crippen LogP contribution in [-0.4, -0.2) is 37.8 Å². The van der Waals surface area contributed by atoms with Crippen molar-refractivity contribution >= 4 is 19.9 Å². The highest BCUT2D eigenvalue weighted by atomic mass is 31.2. The van der Waals surface area contributed by atoms with E-state index < -0.39 is 13.7 Å². The maximum Gasteiger partial charge on any atom is 0.212 e. The maximum absolute atomic E-state index is 13.5. The van der Waals surface area contributed by atoms with E-state index in [0.717, 1.165) is 19.1 Å². The lowest BCUT2D eigenvalue weighted by Gasteiger charge is -2.31. The van der Waals surface area contributed by atoms with Crippen LogP contribution in [0.3, 0.4) is 0 Å². The Balaban J connectivity index is 2.02. The molecule has 6 heteroatoms. The van der Waals surface area contributed by atoms with Crippen molar-refractivity contribution in [1.29, 1.82) is 0 Å². The Morgan fingerprint density at radius 3 is 2.39 bits per heavy atom. The Hall–Kier alpha value is -1.29. The maximum atomic E-state index is 13.5. The van der Waals surface area contributed by atoms with Crippen molar-refractivity contribution in [2.24, 2.45) is 11.8 Å². The molecule has 0 heterocycles. The number of carbonyl (C=O) groups excluding carboxylic acids is 2. The first-order valence-corrected chi connectivity index (χ1v) is 13.8. The summed E-state index contributed by atoms with van der Waals surface area (Å²) in [6, 6.07) is 10.6. The van der Waals surface area contributed by atoms with E-state index in [1.807, 2.05) is 19.9 Å². The van der Waals surface area contributed by atoms with E-state index in [-0.39, 0.29) is 25.1 Å². The molecule has 3 atom stereocenters. The number of ether oxygens (including phenoxy) is 1. The number of hydrogen-bond acceptors (Lipinski definition) is 5. The lowest BCUT2D eigenvalue weighted by Crippen LogP contribution is -2.24. The van der Waals surface area contributed by atoms with Gasteiger partial charge in [0.2, 0.25) is 7.37 Å². The molecule has 0 bridgehead atoms. The molecule has 2 rings (SSSR count). The van der Waals surface area contributed by atoms with Gasteiger partial charge >= 0.3 is 0 Å². The van der Waals surface area contributed by atoms with Crippen molar-refractivity contribution in [1.82, 2.24) is 0 Å². The first kappa shape index (κ1) is 26.0. The Kier molecular flexibility index (Phi) is 11.7. The van der Waals surface area contributed by atoms with Gasteiger partial charge in [0.1, 0.15) is 12.6 Å². The molecule has 5 nitrogen and oxygen atoms in total. The van der Waals surface area contributed by atoms with Crippen molar-refractivity contribution in [2.75, 3.05) is 18.9 Å². The second-order valence-corrected chi connectivity index (χ2v) is 11.6. The molecular formula is C25H39O5P. The van der Waals surface area contributed by atoms with Crippen LogP contribution in [0.4, 0.5) is 0 Å². The topological polar surface area (TPSA) is 69.7 Å². The van der Waals surface area contributed by atoms with E-state index in [2.05, 4.69) is 24.3 Å². The summed E-state index contributed by atoms with van der Waals surface area (Å²) in [6.07, 6.45) is 9.46. The molecule has 1 aromatic rings. The van der Waals surface area contributed by atoms with Crippen LogP contribution in [0.25, 0.3) is 0 Å². The Morgan fingerprint density at radius 1 is 1.06 bits per heavy atom. The average molecular weight is 451 g/mol. The molecule has 0 aliphatic heterocycles. The third kappa shape index (κ3) is 9.00. The number of aldehydes is 2. The number of benzene rings is 1. The Morgan fingerprint density at radius 2 is 1.77 bits per heavy atom. The lowest BCUT2D eigenvalue weighted by atomic mass is 9.75. The molecule has 1 aliphatic rings. The van der Waals surface area contributed by atoms with Crippen LogP contribution in [0.5, 0.6) is 0 Å². The van der Waals surface area contributed by atoms with E-state index in [1.54, 1.807) is 0 Å². The molecule has 0 spiro atoms. The van der Waals surface area contributed by atoms with Crippen LogP contribution >= 0.6 is 7.37 Å². The van der Waals surface area contributed by atoms with Gasteiger partial charge in [0.25, 0.3) is 0 Å². The summed E-state index contributed by atoms with van der Waals surface area (Å²) in [5.74, 6) is 1.10. The van der Waals surface area contributed by atoms with Crippen LogP contribution < -0.4 is 0 Å².